The van der Waals surface area contributed by atoms with Crippen molar-refractivity contribution in [2.45, 2.75) is 32.7 Å². The number of benzene rings is 1. The van der Waals surface area contributed by atoms with Gasteiger partial charge >= 0.3 is 5.97 Å². The van der Waals surface area contributed by atoms with E-state index in [1.54, 1.807) is 7.11 Å². The summed E-state index contributed by atoms with van der Waals surface area (Å²) < 4.78 is 10.8. The SMILES string of the molecule is CCOC(=O)C1(Cc2cccc(OC)c2)CCN(Cc2ccncc2)CC1. The number of ether oxygens (including phenoxy) is 2. The van der Waals surface area contributed by atoms with Crippen LogP contribution in [0.4, 0.5) is 0 Å². The molecule has 0 radical (unpaired) electrons. The number of esters is 1. The lowest BCUT2D eigenvalue weighted by Gasteiger charge is -2.40. The molecular formula is C22H28N2O3. The molecule has 27 heavy (non-hydrogen) atoms. The normalized spacial score (nSPS) is 16.7. The second-order valence-electron chi connectivity index (χ2n) is 7.16. The van der Waals surface area contributed by atoms with Crippen LogP contribution in [0.2, 0.25) is 0 Å². The summed E-state index contributed by atoms with van der Waals surface area (Å²) in [6.45, 7) is 4.94. The molecule has 0 unspecified atom stereocenters. The Morgan fingerprint density at radius 3 is 2.56 bits per heavy atom. The van der Waals surface area contributed by atoms with Crippen LogP contribution in [0.15, 0.2) is 48.8 Å². The molecule has 0 bridgehead atoms. The molecule has 1 saturated heterocycles. The molecule has 0 spiro atoms. The van der Waals surface area contributed by atoms with Crippen LogP contribution in [0, 0.1) is 5.41 Å². The van der Waals surface area contributed by atoms with E-state index in [4.69, 9.17) is 9.47 Å². The van der Waals surface area contributed by atoms with E-state index >= 15 is 0 Å². The topological polar surface area (TPSA) is 51.7 Å². The Morgan fingerprint density at radius 1 is 1.15 bits per heavy atom. The van der Waals surface area contributed by atoms with Gasteiger partial charge in [0.1, 0.15) is 5.75 Å². The molecule has 1 aliphatic rings. The lowest BCUT2D eigenvalue weighted by molar-refractivity contribution is -0.158. The average Bonchev–Trinajstić information content (AvgIpc) is 2.71. The average molecular weight is 368 g/mol. The van der Waals surface area contributed by atoms with Crippen LogP contribution < -0.4 is 4.74 Å². The molecule has 2 heterocycles. The quantitative estimate of drug-likeness (QED) is 0.701. The molecule has 5 heteroatoms. The van der Waals surface area contributed by atoms with Crippen LogP contribution >= 0.6 is 0 Å². The molecule has 1 fully saturated rings. The first-order chi connectivity index (χ1) is 13.1. The first-order valence-corrected chi connectivity index (χ1v) is 9.56. The van der Waals surface area contributed by atoms with Gasteiger partial charge in [0.25, 0.3) is 0 Å². The fourth-order valence-corrected chi connectivity index (χ4v) is 3.80. The van der Waals surface area contributed by atoms with Crippen molar-refractivity contribution >= 4 is 5.97 Å². The van der Waals surface area contributed by atoms with E-state index < -0.39 is 5.41 Å². The Labute approximate surface area is 161 Å². The van der Waals surface area contributed by atoms with Crippen LogP contribution in [-0.4, -0.2) is 42.7 Å². The van der Waals surface area contributed by atoms with Crippen LogP contribution in [0.5, 0.6) is 5.75 Å². The smallest absolute Gasteiger partial charge is 0.312 e. The summed E-state index contributed by atoms with van der Waals surface area (Å²) >= 11 is 0. The number of carbonyl (C=O) groups excluding carboxylic acids is 1. The molecule has 1 aromatic carbocycles. The maximum atomic E-state index is 12.9. The van der Waals surface area contributed by atoms with E-state index in [1.807, 2.05) is 49.6 Å². The molecule has 0 N–H and O–H groups in total. The van der Waals surface area contributed by atoms with E-state index in [1.165, 1.54) is 5.56 Å². The number of rotatable bonds is 7. The zero-order valence-electron chi connectivity index (χ0n) is 16.2. The first kappa shape index (κ1) is 19.4. The molecule has 0 atom stereocenters. The van der Waals surface area contributed by atoms with Gasteiger partial charge in [-0.1, -0.05) is 12.1 Å². The fraction of sp³-hybridized carbons (Fsp3) is 0.455. The van der Waals surface area contributed by atoms with Gasteiger partial charge in [0, 0.05) is 18.9 Å². The molecule has 1 aliphatic heterocycles. The third kappa shape index (κ3) is 4.86. The van der Waals surface area contributed by atoms with Crippen molar-refractivity contribution in [3.8, 4) is 5.75 Å². The molecule has 0 amide bonds. The number of piperidine rings is 1. The van der Waals surface area contributed by atoms with Crippen LogP contribution in [0.3, 0.4) is 0 Å². The van der Waals surface area contributed by atoms with Gasteiger partial charge in [0.15, 0.2) is 0 Å². The molecule has 5 nitrogen and oxygen atoms in total. The van der Waals surface area contributed by atoms with Crippen molar-refractivity contribution in [2.24, 2.45) is 5.41 Å². The molecule has 1 aromatic heterocycles. The van der Waals surface area contributed by atoms with Gasteiger partial charge in [-0.05, 0) is 74.7 Å². The largest absolute Gasteiger partial charge is 0.497 e. The summed E-state index contributed by atoms with van der Waals surface area (Å²) in [5.41, 5.74) is 1.91. The predicted octanol–water partition coefficient (Wildman–Crippen LogP) is 3.48. The van der Waals surface area contributed by atoms with E-state index in [0.717, 1.165) is 43.8 Å². The van der Waals surface area contributed by atoms with Crippen molar-refractivity contribution < 1.29 is 14.3 Å². The van der Waals surface area contributed by atoms with Gasteiger partial charge in [0.05, 0.1) is 19.1 Å². The Bertz CT molecular complexity index is 740. The second kappa shape index (κ2) is 9.00. The Kier molecular flexibility index (Phi) is 6.45. The minimum atomic E-state index is -0.461. The zero-order valence-corrected chi connectivity index (χ0v) is 16.2. The summed E-state index contributed by atoms with van der Waals surface area (Å²) in [7, 11) is 1.66. The number of hydrogen-bond donors (Lipinski definition) is 0. The number of nitrogens with zero attached hydrogens (tertiary/aromatic N) is 2. The number of aromatic nitrogens is 1. The Morgan fingerprint density at radius 2 is 1.89 bits per heavy atom. The second-order valence-corrected chi connectivity index (χ2v) is 7.16. The number of methoxy groups -OCH3 is 1. The highest BCUT2D eigenvalue weighted by Gasteiger charge is 2.42. The Hall–Kier alpha value is -2.40. The monoisotopic (exact) mass is 368 g/mol. The minimum absolute atomic E-state index is 0.0728. The summed E-state index contributed by atoms with van der Waals surface area (Å²) in [6.07, 6.45) is 5.93. The van der Waals surface area contributed by atoms with Gasteiger partial charge in [0.2, 0.25) is 0 Å². The molecule has 0 aliphatic carbocycles. The van der Waals surface area contributed by atoms with Gasteiger partial charge in [-0.3, -0.25) is 14.7 Å². The van der Waals surface area contributed by atoms with Gasteiger partial charge in [-0.2, -0.15) is 0 Å². The van der Waals surface area contributed by atoms with Gasteiger partial charge in [-0.15, -0.1) is 0 Å². The van der Waals surface area contributed by atoms with Crippen molar-refractivity contribution in [1.29, 1.82) is 0 Å². The van der Waals surface area contributed by atoms with Crippen LogP contribution in [0.1, 0.15) is 30.9 Å². The van der Waals surface area contributed by atoms with Gasteiger partial charge < -0.3 is 9.47 Å². The lowest BCUT2D eigenvalue weighted by Crippen LogP contribution is -2.46. The number of pyridine rings is 1. The van der Waals surface area contributed by atoms with Crippen molar-refractivity contribution in [3.05, 3.63) is 59.9 Å². The maximum Gasteiger partial charge on any atom is 0.312 e. The highest BCUT2D eigenvalue weighted by atomic mass is 16.5. The van der Waals surface area contributed by atoms with Crippen molar-refractivity contribution in [2.75, 3.05) is 26.8 Å². The minimum Gasteiger partial charge on any atom is -0.497 e. The highest BCUT2D eigenvalue weighted by Crippen LogP contribution is 2.37. The zero-order chi connectivity index (χ0) is 19.1. The van der Waals surface area contributed by atoms with Crippen molar-refractivity contribution in [1.82, 2.24) is 9.88 Å². The summed E-state index contributed by atoms with van der Waals surface area (Å²) in [5.74, 6) is 0.748. The van der Waals surface area contributed by atoms with E-state index in [-0.39, 0.29) is 5.97 Å². The standard InChI is InChI=1S/C22H28N2O3/c1-3-27-21(25)22(16-19-5-4-6-20(15-19)26-2)9-13-24(14-10-22)17-18-7-11-23-12-8-18/h4-8,11-12,15H,3,9-10,13-14,16-17H2,1-2H3. The fourth-order valence-electron chi connectivity index (χ4n) is 3.80. The highest BCUT2D eigenvalue weighted by molar-refractivity contribution is 5.77. The van der Waals surface area contributed by atoms with E-state index in [9.17, 15) is 4.79 Å². The summed E-state index contributed by atoms with van der Waals surface area (Å²) in [4.78, 5) is 19.3. The number of likely N-dealkylation sites (tertiary alicyclic amines) is 1. The molecular weight excluding hydrogens is 340 g/mol. The van der Waals surface area contributed by atoms with Crippen molar-refractivity contribution in [3.63, 3.8) is 0 Å². The van der Waals surface area contributed by atoms with Crippen LogP contribution in [0.25, 0.3) is 0 Å². The van der Waals surface area contributed by atoms with Gasteiger partial charge in [-0.25, -0.2) is 0 Å². The van der Waals surface area contributed by atoms with E-state index in [0.29, 0.717) is 13.0 Å². The third-order valence-electron chi connectivity index (χ3n) is 5.35. The van der Waals surface area contributed by atoms with E-state index in [2.05, 4.69) is 16.0 Å². The molecule has 3 rings (SSSR count). The molecule has 2 aromatic rings. The molecule has 0 saturated carbocycles. The lowest BCUT2D eigenvalue weighted by atomic mass is 9.73. The number of hydrogen-bond acceptors (Lipinski definition) is 5. The summed E-state index contributed by atoms with van der Waals surface area (Å²) in [6, 6.07) is 12.1. The third-order valence-corrected chi connectivity index (χ3v) is 5.35. The Balaban J connectivity index is 1.72. The predicted molar refractivity (Wildman–Crippen MR) is 105 cm³/mol. The number of carbonyl (C=O) groups is 1. The summed E-state index contributed by atoms with van der Waals surface area (Å²) in [5, 5.41) is 0. The molecule has 144 valence electrons. The van der Waals surface area contributed by atoms with Crippen LogP contribution in [-0.2, 0) is 22.5 Å². The first-order valence-electron chi connectivity index (χ1n) is 9.56. The maximum absolute atomic E-state index is 12.9.